The van der Waals surface area contributed by atoms with Gasteiger partial charge in [0.1, 0.15) is 0 Å². The van der Waals surface area contributed by atoms with Crippen molar-refractivity contribution in [1.29, 1.82) is 0 Å². The van der Waals surface area contributed by atoms with Crippen molar-refractivity contribution in [1.82, 2.24) is 0 Å². The van der Waals surface area contributed by atoms with E-state index in [1.807, 2.05) is 0 Å². The number of ether oxygens (including phenoxy) is 1. The molecular formula is C13H22O4. The molecule has 4 heteroatoms. The van der Waals surface area contributed by atoms with Gasteiger partial charge < -0.3 is 9.84 Å². The second-order valence-corrected chi connectivity index (χ2v) is 4.72. The number of esters is 1. The van der Waals surface area contributed by atoms with Crippen LogP contribution in [0, 0.1) is 11.8 Å². The molecule has 0 amide bonds. The van der Waals surface area contributed by atoms with E-state index >= 15 is 0 Å². The summed E-state index contributed by atoms with van der Waals surface area (Å²) in [5.74, 6) is -1.88. The molecule has 1 rings (SSSR count). The lowest BCUT2D eigenvalue weighted by atomic mass is 9.96. The molecule has 0 bridgehead atoms. The van der Waals surface area contributed by atoms with Crippen molar-refractivity contribution in [3.8, 4) is 0 Å². The predicted molar refractivity (Wildman–Crippen MR) is 63.6 cm³/mol. The first kappa shape index (κ1) is 14.0. The van der Waals surface area contributed by atoms with Gasteiger partial charge in [-0.2, -0.15) is 0 Å². The molecule has 4 nitrogen and oxygen atoms in total. The topological polar surface area (TPSA) is 63.6 Å². The summed E-state index contributed by atoms with van der Waals surface area (Å²) >= 11 is 0. The van der Waals surface area contributed by atoms with Gasteiger partial charge in [0, 0.05) is 0 Å². The average Bonchev–Trinajstić information content (AvgIpc) is 2.76. The molecule has 0 aliphatic heterocycles. The number of hydrogen-bond acceptors (Lipinski definition) is 3. The van der Waals surface area contributed by atoms with Gasteiger partial charge in [0.05, 0.1) is 6.61 Å². The summed E-state index contributed by atoms with van der Waals surface area (Å²) in [6, 6.07) is 0. The van der Waals surface area contributed by atoms with E-state index in [4.69, 9.17) is 9.84 Å². The van der Waals surface area contributed by atoms with E-state index in [1.165, 1.54) is 25.7 Å². The Kier molecular flexibility index (Phi) is 6.01. The molecule has 98 valence electrons. The van der Waals surface area contributed by atoms with Gasteiger partial charge in [0.2, 0.25) is 0 Å². The van der Waals surface area contributed by atoms with Gasteiger partial charge in [-0.1, -0.05) is 38.5 Å². The molecule has 1 saturated carbocycles. The first-order valence-electron chi connectivity index (χ1n) is 6.54. The van der Waals surface area contributed by atoms with Crippen molar-refractivity contribution in [3.05, 3.63) is 0 Å². The highest BCUT2D eigenvalue weighted by atomic mass is 16.5. The lowest BCUT2D eigenvalue weighted by Crippen LogP contribution is -2.26. The van der Waals surface area contributed by atoms with Crippen LogP contribution in [0.5, 0.6) is 0 Å². The van der Waals surface area contributed by atoms with Crippen molar-refractivity contribution in [2.45, 2.75) is 51.9 Å². The number of carboxylic acids is 1. The highest BCUT2D eigenvalue weighted by Gasteiger charge is 2.27. The number of rotatable bonds is 7. The van der Waals surface area contributed by atoms with Crippen LogP contribution < -0.4 is 0 Å². The van der Waals surface area contributed by atoms with Gasteiger partial charge in [-0.25, -0.2) is 0 Å². The van der Waals surface area contributed by atoms with E-state index in [-0.39, 0.29) is 6.61 Å². The normalized spacial score (nSPS) is 17.9. The Morgan fingerprint density at radius 2 is 2.00 bits per heavy atom. The van der Waals surface area contributed by atoms with Gasteiger partial charge in [0.25, 0.3) is 0 Å². The fourth-order valence-corrected chi connectivity index (χ4v) is 2.49. The van der Waals surface area contributed by atoms with Crippen LogP contribution in [-0.4, -0.2) is 23.7 Å². The first-order chi connectivity index (χ1) is 8.15. The summed E-state index contributed by atoms with van der Waals surface area (Å²) in [7, 11) is 0. The zero-order chi connectivity index (χ0) is 12.7. The summed E-state index contributed by atoms with van der Waals surface area (Å²) in [6.07, 6.45) is 7.37. The zero-order valence-electron chi connectivity index (χ0n) is 10.5. The largest absolute Gasteiger partial charge is 0.481 e. The fourth-order valence-electron chi connectivity index (χ4n) is 2.49. The maximum atomic E-state index is 11.4. The van der Waals surface area contributed by atoms with E-state index in [0.29, 0.717) is 6.42 Å². The smallest absolute Gasteiger partial charge is 0.320 e. The lowest BCUT2D eigenvalue weighted by Gasteiger charge is -2.13. The summed E-state index contributed by atoms with van der Waals surface area (Å²) in [5, 5.41) is 8.96. The highest BCUT2D eigenvalue weighted by Crippen LogP contribution is 2.29. The minimum Gasteiger partial charge on any atom is -0.481 e. The van der Waals surface area contributed by atoms with E-state index in [1.54, 1.807) is 6.92 Å². The number of carbonyl (C=O) groups excluding carboxylic acids is 1. The van der Waals surface area contributed by atoms with Gasteiger partial charge in [-0.05, 0) is 19.3 Å². The van der Waals surface area contributed by atoms with Crippen LogP contribution in [0.3, 0.4) is 0 Å². The molecule has 1 fully saturated rings. The minimum absolute atomic E-state index is 0.241. The molecule has 0 aromatic heterocycles. The van der Waals surface area contributed by atoms with Crippen LogP contribution in [0.1, 0.15) is 51.9 Å². The zero-order valence-corrected chi connectivity index (χ0v) is 10.5. The standard InChI is InChI=1S/C13H22O4/c1-2-17-13(16)11(12(14)15)9-5-8-10-6-3-4-7-10/h10-11H,2-9H2,1H3,(H,14,15). The predicted octanol–water partition coefficient (Wildman–Crippen LogP) is 2.61. The Balaban J connectivity index is 2.28. The Morgan fingerprint density at radius 1 is 1.35 bits per heavy atom. The Morgan fingerprint density at radius 3 is 2.53 bits per heavy atom. The van der Waals surface area contributed by atoms with Gasteiger partial charge in [-0.3, -0.25) is 9.59 Å². The molecule has 1 aliphatic carbocycles. The second-order valence-electron chi connectivity index (χ2n) is 4.72. The third-order valence-corrected chi connectivity index (χ3v) is 3.45. The molecule has 0 aromatic carbocycles. The molecule has 0 spiro atoms. The van der Waals surface area contributed by atoms with Crippen LogP contribution in [0.25, 0.3) is 0 Å². The fraction of sp³-hybridized carbons (Fsp3) is 0.846. The Bertz CT molecular complexity index is 256. The molecule has 0 saturated heterocycles. The first-order valence-corrected chi connectivity index (χ1v) is 6.54. The molecule has 0 aromatic rings. The van der Waals surface area contributed by atoms with E-state index < -0.39 is 17.9 Å². The van der Waals surface area contributed by atoms with Crippen molar-refractivity contribution >= 4 is 11.9 Å². The summed E-state index contributed by atoms with van der Waals surface area (Å²) in [5.41, 5.74) is 0. The Labute approximate surface area is 102 Å². The quantitative estimate of drug-likeness (QED) is 0.550. The third kappa shape index (κ3) is 4.75. The van der Waals surface area contributed by atoms with Crippen molar-refractivity contribution in [2.24, 2.45) is 11.8 Å². The maximum absolute atomic E-state index is 11.4. The summed E-state index contributed by atoms with van der Waals surface area (Å²) in [6.45, 7) is 1.93. The van der Waals surface area contributed by atoms with E-state index in [9.17, 15) is 9.59 Å². The molecular weight excluding hydrogens is 220 g/mol. The van der Waals surface area contributed by atoms with Gasteiger partial charge in [-0.15, -0.1) is 0 Å². The second kappa shape index (κ2) is 7.30. The van der Waals surface area contributed by atoms with E-state index in [0.717, 1.165) is 18.8 Å². The molecule has 0 heterocycles. The SMILES string of the molecule is CCOC(=O)C(CCCC1CCCC1)C(=O)O. The van der Waals surface area contributed by atoms with Crippen LogP contribution in [0.4, 0.5) is 0 Å². The van der Waals surface area contributed by atoms with Gasteiger partial charge >= 0.3 is 11.9 Å². The number of carbonyl (C=O) groups is 2. The molecule has 0 radical (unpaired) electrons. The van der Waals surface area contributed by atoms with Crippen molar-refractivity contribution < 1.29 is 19.4 Å². The lowest BCUT2D eigenvalue weighted by molar-refractivity contribution is -0.158. The van der Waals surface area contributed by atoms with Crippen LogP contribution >= 0.6 is 0 Å². The number of carboxylic acid groups (broad SMARTS) is 1. The maximum Gasteiger partial charge on any atom is 0.320 e. The van der Waals surface area contributed by atoms with Gasteiger partial charge in [0.15, 0.2) is 5.92 Å². The third-order valence-electron chi connectivity index (χ3n) is 3.45. The van der Waals surface area contributed by atoms with E-state index in [2.05, 4.69) is 0 Å². The van der Waals surface area contributed by atoms with Crippen molar-refractivity contribution in [3.63, 3.8) is 0 Å². The number of aliphatic carboxylic acids is 1. The van der Waals surface area contributed by atoms with Crippen LogP contribution in [0.2, 0.25) is 0 Å². The molecule has 1 N–H and O–H groups in total. The highest BCUT2D eigenvalue weighted by molar-refractivity contribution is 5.93. The van der Waals surface area contributed by atoms with Crippen LogP contribution in [-0.2, 0) is 14.3 Å². The summed E-state index contributed by atoms with van der Waals surface area (Å²) in [4.78, 5) is 22.4. The number of hydrogen-bond donors (Lipinski definition) is 1. The van der Waals surface area contributed by atoms with Crippen molar-refractivity contribution in [2.75, 3.05) is 6.61 Å². The monoisotopic (exact) mass is 242 g/mol. The molecule has 1 aliphatic rings. The molecule has 17 heavy (non-hydrogen) atoms. The minimum atomic E-state index is -1.06. The van der Waals surface area contributed by atoms with Crippen LogP contribution in [0.15, 0.2) is 0 Å². The molecule has 1 unspecified atom stereocenters. The Hall–Kier alpha value is -1.06. The average molecular weight is 242 g/mol. The molecule has 1 atom stereocenters. The summed E-state index contributed by atoms with van der Waals surface area (Å²) < 4.78 is 4.77.